The molecule has 0 aliphatic heterocycles. The van der Waals surface area contributed by atoms with Crippen molar-refractivity contribution in [3.05, 3.63) is 107 Å². The zero-order valence-corrected chi connectivity index (χ0v) is 17.3. The van der Waals surface area contributed by atoms with E-state index in [1.807, 2.05) is 91.9 Å². The van der Waals surface area contributed by atoms with E-state index < -0.39 is 0 Å². The van der Waals surface area contributed by atoms with Gasteiger partial charge < -0.3 is 9.47 Å². The molecule has 4 aromatic rings. The Kier molecular flexibility index (Phi) is 6.26. The fraction of sp³-hybridized carbons (Fsp3) is 0.120. The molecule has 0 N–H and O–H groups in total. The Bertz CT molecular complexity index is 1100. The maximum Gasteiger partial charge on any atom is 0.226 e. The number of pyridine rings is 2. The number of aromatic nitrogens is 2. The number of rotatable bonds is 7. The molecule has 0 unspecified atom stereocenters. The zero-order chi connectivity index (χ0) is 20.8. The summed E-state index contributed by atoms with van der Waals surface area (Å²) in [6.07, 6.45) is 0. The summed E-state index contributed by atoms with van der Waals surface area (Å²) in [6.45, 7) is 2.73. The molecule has 5 heteroatoms. The number of halogens is 1. The van der Waals surface area contributed by atoms with Crippen molar-refractivity contribution in [3.63, 3.8) is 0 Å². The summed E-state index contributed by atoms with van der Waals surface area (Å²) in [5.74, 6) is 0.947. The summed E-state index contributed by atoms with van der Waals surface area (Å²) in [5, 5.41) is 0.621. The van der Waals surface area contributed by atoms with Crippen LogP contribution in [0.15, 0.2) is 84.9 Å². The van der Waals surface area contributed by atoms with Gasteiger partial charge >= 0.3 is 0 Å². The number of nitrogens with zero attached hydrogens (tertiary/aromatic N) is 2. The Labute approximate surface area is 181 Å². The van der Waals surface area contributed by atoms with Gasteiger partial charge in [-0.15, -0.1) is 0 Å². The minimum atomic E-state index is 0.391. The zero-order valence-electron chi connectivity index (χ0n) is 16.6. The van der Waals surface area contributed by atoms with Crippen LogP contribution in [-0.2, 0) is 13.2 Å². The first kappa shape index (κ1) is 19.9. The van der Waals surface area contributed by atoms with Gasteiger partial charge in [0.1, 0.15) is 13.2 Å². The van der Waals surface area contributed by atoms with E-state index in [0.29, 0.717) is 35.7 Å². The molecular weight excluding hydrogens is 396 g/mol. The molecule has 0 radical (unpaired) electrons. The van der Waals surface area contributed by atoms with Gasteiger partial charge in [0.25, 0.3) is 0 Å². The van der Waals surface area contributed by atoms with E-state index in [9.17, 15) is 0 Å². The summed E-state index contributed by atoms with van der Waals surface area (Å²) in [5.41, 5.74) is 4.43. The topological polar surface area (TPSA) is 44.2 Å². The lowest BCUT2D eigenvalue weighted by molar-refractivity contribution is 0.268. The van der Waals surface area contributed by atoms with E-state index in [2.05, 4.69) is 9.97 Å². The maximum atomic E-state index is 6.25. The Morgan fingerprint density at radius 1 is 0.733 bits per heavy atom. The number of hydrogen-bond acceptors (Lipinski definition) is 4. The van der Waals surface area contributed by atoms with Crippen molar-refractivity contribution in [3.8, 4) is 23.0 Å². The molecule has 0 spiro atoms. The van der Waals surface area contributed by atoms with Crippen LogP contribution in [0.2, 0.25) is 5.02 Å². The van der Waals surface area contributed by atoms with Gasteiger partial charge in [-0.2, -0.15) is 4.98 Å². The van der Waals surface area contributed by atoms with E-state index in [1.54, 1.807) is 0 Å². The van der Waals surface area contributed by atoms with Crippen molar-refractivity contribution in [1.82, 2.24) is 9.97 Å². The molecule has 4 nitrogen and oxygen atoms in total. The largest absolute Gasteiger partial charge is 0.473 e. The molecule has 0 aliphatic rings. The molecule has 0 amide bonds. The molecular formula is C25H21ClN2O2. The van der Waals surface area contributed by atoms with E-state index in [0.717, 1.165) is 22.4 Å². The maximum absolute atomic E-state index is 6.25. The molecule has 4 rings (SSSR count). The van der Waals surface area contributed by atoms with Crippen molar-refractivity contribution in [1.29, 1.82) is 0 Å². The van der Waals surface area contributed by atoms with Crippen LogP contribution in [-0.4, -0.2) is 9.97 Å². The van der Waals surface area contributed by atoms with Crippen molar-refractivity contribution >= 4 is 11.6 Å². The summed E-state index contributed by atoms with van der Waals surface area (Å²) in [7, 11) is 0. The number of benzene rings is 2. The highest BCUT2D eigenvalue weighted by Gasteiger charge is 2.13. The van der Waals surface area contributed by atoms with Crippen LogP contribution in [0, 0.1) is 6.92 Å². The third kappa shape index (κ3) is 5.16. The first-order valence-electron chi connectivity index (χ1n) is 9.66. The molecule has 0 saturated heterocycles. The van der Waals surface area contributed by atoms with Crippen molar-refractivity contribution in [2.75, 3.05) is 0 Å². The van der Waals surface area contributed by atoms with Crippen molar-refractivity contribution < 1.29 is 9.47 Å². The quantitative estimate of drug-likeness (QED) is 0.356. The number of hydrogen-bond donors (Lipinski definition) is 0. The number of ether oxygens (including phenoxy) is 2. The Morgan fingerprint density at radius 2 is 1.37 bits per heavy atom. The minimum Gasteiger partial charge on any atom is -0.473 e. The van der Waals surface area contributed by atoms with Gasteiger partial charge in [-0.25, -0.2) is 0 Å². The lowest BCUT2D eigenvalue weighted by Crippen LogP contribution is -2.03. The van der Waals surface area contributed by atoms with Crippen LogP contribution in [0.3, 0.4) is 0 Å². The molecule has 30 heavy (non-hydrogen) atoms. The van der Waals surface area contributed by atoms with Crippen LogP contribution in [0.1, 0.15) is 16.8 Å². The van der Waals surface area contributed by atoms with Gasteiger partial charge in [0.15, 0.2) is 0 Å². The summed E-state index contributed by atoms with van der Waals surface area (Å²) in [6, 6.07) is 27.3. The van der Waals surface area contributed by atoms with Crippen LogP contribution in [0.4, 0.5) is 0 Å². The number of aryl methyl sites for hydroxylation is 1. The summed E-state index contributed by atoms with van der Waals surface area (Å²) >= 11 is 6.25. The van der Waals surface area contributed by atoms with Crippen LogP contribution in [0.5, 0.6) is 11.8 Å². The second-order valence-electron chi connectivity index (χ2n) is 6.86. The van der Waals surface area contributed by atoms with Crippen molar-refractivity contribution in [2.45, 2.75) is 20.1 Å². The van der Waals surface area contributed by atoms with Gasteiger partial charge in [-0.3, -0.25) is 4.98 Å². The molecule has 2 aromatic carbocycles. The molecule has 0 atom stereocenters. The highest BCUT2D eigenvalue weighted by molar-refractivity contribution is 6.30. The fourth-order valence-electron chi connectivity index (χ4n) is 3.03. The monoisotopic (exact) mass is 416 g/mol. The fourth-order valence-corrected chi connectivity index (χ4v) is 3.29. The van der Waals surface area contributed by atoms with E-state index >= 15 is 0 Å². The molecule has 150 valence electrons. The minimum absolute atomic E-state index is 0.391. The first-order chi connectivity index (χ1) is 14.7. The van der Waals surface area contributed by atoms with Gasteiger partial charge in [-0.05, 0) is 36.2 Å². The molecule has 0 saturated carbocycles. The molecule has 0 aliphatic carbocycles. The van der Waals surface area contributed by atoms with Crippen LogP contribution < -0.4 is 9.47 Å². The lowest BCUT2D eigenvalue weighted by Gasteiger charge is -2.13. The van der Waals surface area contributed by atoms with E-state index in [4.69, 9.17) is 21.1 Å². The third-order valence-corrected chi connectivity index (χ3v) is 4.70. The van der Waals surface area contributed by atoms with E-state index in [-0.39, 0.29) is 0 Å². The Balaban J connectivity index is 1.62. The predicted octanol–water partition coefficient (Wildman–Crippen LogP) is 6.26. The highest BCUT2D eigenvalue weighted by atomic mass is 35.5. The normalized spacial score (nSPS) is 10.6. The lowest BCUT2D eigenvalue weighted by atomic mass is 10.1. The molecule has 0 bridgehead atoms. The summed E-state index contributed by atoms with van der Waals surface area (Å²) < 4.78 is 12.0. The van der Waals surface area contributed by atoms with Crippen LogP contribution in [0.25, 0.3) is 11.3 Å². The van der Waals surface area contributed by atoms with Crippen LogP contribution >= 0.6 is 11.6 Å². The first-order valence-corrected chi connectivity index (χ1v) is 10.0. The Morgan fingerprint density at radius 3 is 2.00 bits per heavy atom. The van der Waals surface area contributed by atoms with Gasteiger partial charge in [-0.1, -0.05) is 72.3 Å². The highest BCUT2D eigenvalue weighted by Crippen LogP contribution is 2.32. The molecule has 2 heterocycles. The van der Waals surface area contributed by atoms with Gasteiger partial charge in [0.2, 0.25) is 11.8 Å². The molecule has 0 fully saturated rings. The van der Waals surface area contributed by atoms with E-state index in [1.165, 1.54) is 0 Å². The second kappa shape index (κ2) is 9.42. The van der Waals surface area contributed by atoms with Gasteiger partial charge in [0.05, 0.1) is 11.3 Å². The third-order valence-electron chi connectivity index (χ3n) is 4.48. The van der Waals surface area contributed by atoms with Gasteiger partial charge in [0, 0.05) is 16.8 Å². The molecule has 2 aromatic heterocycles. The average Bonchev–Trinajstić information content (AvgIpc) is 2.77. The standard InChI is InChI=1S/C25H21ClN2O2/c1-18-14-21(26)15-23(27-18)22-12-13-24(29-16-19-8-4-2-5-9-19)28-25(22)30-17-20-10-6-3-7-11-20/h2-15H,16-17H2,1H3. The summed E-state index contributed by atoms with van der Waals surface area (Å²) in [4.78, 5) is 9.21. The average molecular weight is 417 g/mol. The Hall–Kier alpha value is -3.37. The predicted molar refractivity (Wildman–Crippen MR) is 119 cm³/mol. The van der Waals surface area contributed by atoms with Crippen molar-refractivity contribution in [2.24, 2.45) is 0 Å². The smallest absolute Gasteiger partial charge is 0.226 e. The SMILES string of the molecule is Cc1cc(Cl)cc(-c2ccc(OCc3ccccc3)nc2OCc2ccccc2)n1. The second-order valence-corrected chi connectivity index (χ2v) is 7.30.